The van der Waals surface area contributed by atoms with Crippen LogP contribution in [0.2, 0.25) is 0 Å². The number of imidazole rings is 2. The van der Waals surface area contributed by atoms with Crippen LogP contribution >= 0.6 is 0 Å². The molecule has 1 fully saturated rings. The van der Waals surface area contributed by atoms with E-state index < -0.39 is 0 Å². The number of H-pyrrole nitrogens is 1. The predicted octanol–water partition coefficient (Wildman–Crippen LogP) is 5.43. The van der Waals surface area contributed by atoms with Crippen molar-refractivity contribution in [1.29, 1.82) is 0 Å². The Kier molecular flexibility index (Phi) is 6.48. The largest absolute Gasteiger partial charge is 0.331 e. The fraction of sp³-hybridized carbons (Fsp3) is 0.219. The second-order valence-electron chi connectivity index (χ2n) is 10.5. The molecule has 1 saturated heterocycles. The Hall–Kier alpha value is -4.89. The Labute approximate surface area is 237 Å². The highest BCUT2D eigenvalue weighted by Gasteiger charge is 2.27. The molecule has 204 valence electrons. The lowest BCUT2D eigenvalue weighted by molar-refractivity contribution is 0.0881. The number of nitrogens with one attached hydrogen (secondary N) is 1. The van der Waals surface area contributed by atoms with E-state index in [2.05, 4.69) is 49.3 Å². The third-order valence-electron chi connectivity index (χ3n) is 7.87. The van der Waals surface area contributed by atoms with Crippen LogP contribution in [0, 0.1) is 0 Å². The zero-order valence-corrected chi connectivity index (χ0v) is 22.8. The van der Waals surface area contributed by atoms with Crippen molar-refractivity contribution in [3.05, 3.63) is 107 Å². The molecule has 4 heterocycles. The van der Waals surface area contributed by atoms with Gasteiger partial charge >= 0.3 is 5.69 Å². The molecule has 1 aliphatic rings. The average molecular weight is 543 g/mol. The van der Waals surface area contributed by atoms with Crippen LogP contribution in [0.15, 0.2) is 96.1 Å². The Morgan fingerprint density at radius 2 is 1.66 bits per heavy atom. The molecule has 7 rings (SSSR count). The van der Waals surface area contributed by atoms with Gasteiger partial charge < -0.3 is 9.55 Å². The van der Waals surface area contributed by atoms with Crippen LogP contribution in [-0.2, 0) is 13.6 Å². The summed E-state index contributed by atoms with van der Waals surface area (Å²) >= 11 is 0. The van der Waals surface area contributed by atoms with Crippen LogP contribution < -0.4 is 5.69 Å². The molecule has 1 N–H and O–H groups in total. The summed E-state index contributed by atoms with van der Waals surface area (Å²) in [6.07, 6.45) is 6.79. The van der Waals surface area contributed by atoms with E-state index in [1.165, 1.54) is 5.56 Å². The third-order valence-corrected chi connectivity index (χ3v) is 7.87. The minimum Gasteiger partial charge on any atom is -0.331 e. The van der Waals surface area contributed by atoms with Crippen molar-refractivity contribution in [3.63, 3.8) is 0 Å². The molecule has 0 radical (unpaired) electrons. The molecule has 3 aromatic carbocycles. The lowest BCUT2D eigenvalue weighted by Gasteiger charge is -2.36. The minimum absolute atomic E-state index is 0.0168. The number of piperidine rings is 1. The number of hydrogen-bond acceptors (Lipinski definition) is 6. The second kappa shape index (κ2) is 10.6. The fourth-order valence-electron chi connectivity index (χ4n) is 5.82. The molecule has 9 nitrogen and oxygen atoms in total. The molecule has 41 heavy (non-hydrogen) atoms. The van der Waals surface area contributed by atoms with Gasteiger partial charge in [0.1, 0.15) is 11.4 Å². The number of benzene rings is 3. The molecule has 0 aliphatic carbocycles. The summed E-state index contributed by atoms with van der Waals surface area (Å²) in [6, 6.07) is 26.4. The van der Waals surface area contributed by atoms with E-state index in [0.717, 1.165) is 65.9 Å². The molecule has 6 aromatic rings. The van der Waals surface area contributed by atoms with E-state index in [9.17, 15) is 4.79 Å². The molecule has 1 aliphatic heterocycles. The smallest absolute Gasteiger partial charge is 0.327 e. The van der Waals surface area contributed by atoms with Crippen LogP contribution in [0.4, 0.5) is 0 Å². The van der Waals surface area contributed by atoms with Crippen molar-refractivity contribution in [2.24, 2.45) is 7.05 Å². The quantitative estimate of drug-likeness (QED) is 0.301. The first-order chi connectivity index (χ1) is 20.2. The van der Waals surface area contributed by atoms with Crippen molar-refractivity contribution in [1.82, 2.24) is 39.2 Å². The van der Waals surface area contributed by atoms with Crippen molar-refractivity contribution < 1.29 is 0 Å². The fourth-order valence-corrected chi connectivity index (χ4v) is 5.82. The number of aromatic amines is 1. The van der Waals surface area contributed by atoms with E-state index in [0.29, 0.717) is 11.6 Å². The highest BCUT2D eigenvalue weighted by Crippen LogP contribution is 2.32. The van der Waals surface area contributed by atoms with Crippen LogP contribution in [0.25, 0.3) is 45.2 Å². The second-order valence-corrected chi connectivity index (χ2v) is 10.5. The van der Waals surface area contributed by atoms with Gasteiger partial charge in [0.25, 0.3) is 0 Å². The number of para-hydroxylation sites is 2. The maximum atomic E-state index is 13.0. The average Bonchev–Trinajstić information content (AvgIpc) is 3.60. The van der Waals surface area contributed by atoms with E-state index in [-0.39, 0.29) is 11.9 Å². The van der Waals surface area contributed by atoms with Crippen molar-refractivity contribution in [2.45, 2.75) is 32.0 Å². The van der Waals surface area contributed by atoms with Gasteiger partial charge in [0.05, 0.1) is 17.2 Å². The van der Waals surface area contributed by atoms with Gasteiger partial charge in [0.2, 0.25) is 5.82 Å². The number of likely N-dealkylation sites (tertiary alicyclic amines) is 1. The molecule has 3 aromatic heterocycles. The monoisotopic (exact) mass is 542 g/mol. The van der Waals surface area contributed by atoms with E-state index >= 15 is 0 Å². The number of aromatic nitrogens is 7. The molecule has 9 heteroatoms. The summed E-state index contributed by atoms with van der Waals surface area (Å²) in [5.41, 5.74) is 6.37. The minimum atomic E-state index is -0.0494. The first-order valence-electron chi connectivity index (χ1n) is 14.0. The number of hydrogen-bond donors (Lipinski definition) is 1. The summed E-state index contributed by atoms with van der Waals surface area (Å²) in [7, 11) is 1.92. The first-order valence-corrected chi connectivity index (χ1v) is 14.0. The maximum absolute atomic E-state index is 13.0. The third kappa shape index (κ3) is 4.74. The van der Waals surface area contributed by atoms with Gasteiger partial charge in [0.15, 0.2) is 5.82 Å². The van der Waals surface area contributed by atoms with Gasteiger partial charge in [-0.05, 0) is 37.0 Å². The number of nitrogens with zero attached hydrogens (tertiary/aromatic N) is 7. The molecule has 1 unspecified atom stereocenters. The molecular weight excluding hydrogens is 512 g/mol. The Balaban J connectivity index is 1.22. The van der Waals surface area contributed by atoms with Crippen LogP contribution in [0.1, 0.15) is 31.0 Å². The van der Waals surface area contributed by atoms with Gasteiger partial charge in [-0.15, -0.1) is 10.2 Å². The number of aryl methyl sites for hydroxylation is 1. The van der Waals surface area contributed by atoms with Gasteiger partial charge in [0, 0.05) is 43.7 Å². The van der Waals surface area contributed by atoms with Crippen LogP contribution in [-0.4, -0.2) is 45.7 Å². The Morgan fingerprint density at radius 1 is 0.878 bits per heavy atom. The summed E-state index contributed by atoms with van der Waals surface area (Å²) in [5, 5.41) is 9.02. The van der Waals surface area contributed by atoms with Gasteiger partial charge in [-0.1, -0.05) is 66.7 Å². The van der Waals surface area contributed by atoms with Crippen LogP contribution in [0.5, 0.6) is 0 Å². The zero-order valence-electron chi connectivity index (χ0n) is 22.8. The normalized spacial score (nSPS) is 15.9. The first kappa shape index (κ1) is 25.1. The molecule has 0 spiro atoms. The van der Waals surface area contributed by atoms with E-state index in [4.69, 9.17) is 4.98 Å². The Bertz CT molecular complexity index is 1870. The molecule has 1 atom stereocenters. The van der Waals surface area contributed by atoms with Gasteiger partial charge in [-0.2, -0.15) is 0 Å². The molecule has 0 bridgehead atoms. The predicted molar refractivity (Wildman–Crippen MR) is 159 cm³/mol. The highest BCUT2D eigenvalue weighted by molar-refractivity contribution is 5.78. The molecule has 0 saturated carbocycles. The maximum Gasteiger partial charge on any atom is 0.327 e. The molecular formula is C32H30N8O. The number of fused-ring (bicyclic) bond motifs is 1. The van der Waals surface area contributed by atoms with Gasteiger partial charge in [-0.25, -0.2) is 14.8 Å². The molecule has 0 amide bonds. The lowest BCUT2D eigenvalue weighted by atomic mass is 10.0. The van der Waals surface area contributed by atoms with Crippen molar-refractivity contribution >= 4 is 11.0 Å². The highest BCUT2D eigenvalue weighted by atomic mass is 16.1. The zero-order chi connectivity index (χ0) is 27.8. The van der Waals surface area contributed by atoms with E-state index in [1.807, 2.05) is 77.0 Å². The van der Waals surface area contributed by atoms with Gasteiger partial charge in [-0.3, -0.25) is 9.47 Å². The number of rotatable bonds is 6. The lowest BCUT2D eigenvalue weighted by Crippen LogP contribution is -2.39. The topological polar surface area (TPSA) is 97.5 Å². The summed E-state index contributed by atoms with van der Waals surface area (Å²) in [6.45, 7) is 1.70. The van der Waals surface area contributed by atoms with Crippen molar-refractivity contribution in [2.75, 3.05) is 6.54 Å². The summed E-state index contributed by atoms with van der Waals surface area (Å²) in [4.78, 5) is 27.8. The summed E-state index contributed by atoms with van der Waals surface area (Å²) < 4.78 is 3.82. The standard InChI is InChI=1S/C32H30N8O/c1-38-20-18-33-31(38)30-35-28(29(36-37-30)23-9-3-2-4-10-23)24-16-14-22(15-17-24)21-39-19-8-7-13-27(39)40-26-12-6-5-11-25(26)34-32(40)41/h2-6,9-12,14-18,20,27H,7-8,13,19,21H2,1H3,(H,34,41). The SMILES string of the molecule is Cn1ccnc1-c1nnc(-c2ccccc2)c(-c2ccc(CN3CCCCC3n3c(=O)[nH]c4ccccc43)cc2)n1. The van der Waals surface area contributed by atoms with E-state index in [1.54, 1.807) is 6.20 Å². The summed E-state index contributed by atoms with van der Waals surface area (Å²) in [5.74, 6) is 1.15. The Morgan fingerprint density at radius 3 is 2.46 bits per heavy atom. The van der Waals surface area contributed by atoms with Crippen LogP contribution in [0.3, 0.4) is 0 Å². The van der Waals surface area contributed by atoms with Crippen molar-refractivity contribution in [3.8, 4) is 34.2 Å².